The van der Waals surface area contributed by atoms with Crippen LogP contribution in [0.25, 0.3) is 0 Å². The van der Waals surface area contributed by atoms with E-state index >= 15 is 0 Å². The first-order valence-corrected chi connectivity index (χ1v) is 8.41. The zero-order valence-electron chi connectivity index (χ0n) is 13.4. The summed E-state index contributed by atoms with van der Waals surface area (Å²) in [7, 11) is 1.85. The molecule has 0 unspecified atom stereocenters. The summed E-state index contributed by atoms with van der Waals surface area (Å²) in [6.07, 6.45) is 7.65. The molecule has 1 saturated carbocycles. The molecule has 22 heavy (non-hydrogen) atoms. The minimum atomic E-state index is -0.162. The SMILES string of the molecule is CN=C(NCCc1cccc(F)c1)N1CCC2(CCCC2)C1. The van der Waals surface area contributed by atoms with Gasteiger partial charge in [0.2, 0.25) is 0 Å². The Morgan fingerprint density at radius 1 is 1.32 bits per heavy atom. The molecule has 0 bridgehead atoms. The Labute approximate surface area is 132 Å². The van der Waals surface area contributed by atoms with Crippen molar-refractivity contribution in [3.8, 4) is 0 Å². The molecule has 1 saturated heterocycles. The van der Waals surface area contributed by atoms with Crippen molar-refractivity contribution in [3.05, 3.63) is 35.6 Å². The van der Waals surface area contributed by atoms with Crippen molar-refractivity contribution in [3.63, 3.8) is 0 Å². The van der Waals surface area contributed by atoms with Crippen LogP contribution in [-0.4, -0.2) is 37.5 Å². The second-order valence-electron chi connectivity index (χ2n) is 6.73. The normalized spacial score (nSPS) is 20.8. The van der Waals surface area contributed by atoms with Crippen LogP contribution < -0.4 is 5.32 Å². The van der Waals surface area contributed by atoms with E-state index in [2.05, 4.69) is 15.2 Å². The van der Waals surface area contributed by atoms with Gasteiger partial charge in [-0.25, -0.2) is 4.39 Å². The third-order valence-electron chi connectivity index (χ3n) is 5.20. The molecule has 3 nitrogen and oxygen atoms in total. The van der Waals surface area contributed by atoms with E-state index in [1.54, 1.807) is 12.1 Å². The number of rotatable bonds is 3. The molecule has 1 aromatic rings. The highest BCUT2D eigenvalue weighted by Gasteiger charge is 2.40. The predicted octanol–water partition coefficient (Wildman–Crippen LogP) is 3.21. The van der Waals surface area contributed by atoms with Gasteiger partial charge in [0, 0.05) is 26.7 Å². The largest absolute Gasteiger partial charge is 0.356 e. The minimum absolute atomic E-state index is 0.162. The van der Waals surface area contributed by atoms with Crippen LogP contribution in [0.4, 0.5) is 4.39 Å². The van der Waals surface area contributed by atoms with E-state index in [1.165, 1.54) is 38.2 Å². The summed E-state index contributed by atoms with van der Waals surface area (Å²) in [5, 5.41) is 3.44. The number of nitrogens with one attached hydrogen (secondary N) is 1. The highest BCUT2D eigenvalue weighted by molar-refractivity contribution is 5.80. The Morgan fingerprint density at radius 2 is 2.14 bits per heavy atom. The van der Waals surface area contributed by atoms with Crippen LogP contribution in [-0.2, 0) is 6.42 Å². The molecule has 0 aromatic heterocycles. The number of aliphatic imine (C=N–C) groups is 1. The van der Waals surface area contributed by atoms with Crippen molar-refractivity contribution < 1.29 is 4.39 Å². The number of guanidine groups is 1. The summed E-state index contributed by atoms with van der Waals surface area (Å²) in [5.41, 5.74) is 1.58. The Kier molecular flexibility index (Phi) is 4.65. The monoisotopic (exact) mass is 303 g/mol. The molecule has 2 aliphatic rings. The molecule has 1 aromatic carbocycles. The zero-order valence-corrected chi connectivity index (χ0v) is 13.4. The lowest BCUT2D eigenvalue weighted by atomic mass is 9.86. The number of nitrogens with zero attached hydrogens (tertiary/aromatic N) is 2. The molecule has 1 aliphatic carbocycles. The number of halogens is 1. The molecule has 0 radical (unpaired) electrons. The van der Waals surface area contributed by atoms with Gasteiger partial charge >= 0.3 is 0 Å². The summed E-state index contributed by atoms with van der Waals surface area (Å²) in [6, 6.07) is 6.83. The van der Waals surface area contributed by atoms with Crippen LogP contribution in [0, 0.1) is 11.2 Å². The fourth-order valence-corrected chi connectivity index (χ4v) is 3.99. The van der Waals surface area contributed by atoms with Crippen LogP contribution in [0.15, 0.2) is 29.3 Å². The van der Waals surface area contributed by atoms with Crippen molar-refractivity contribution in [1.82, 2.24) is 10.2 Å². The Bertz CT molecular complexity index is 535. The second kappa shape index (κ2) is 6.67. The molecule has 0 atom stereocenters. The van der Waals surface area contributed by atoms with Gasteiger partial charge in [-0.2, -0.15) is 0 Å². The molecule has 4 heteroatoms. The van der Waals surface area contributed by atoms with Gasteiger partial charge in [0.05, 0.1) is 0 Å². The third-order valence-corrected chi connectivity index (χ3v) is 5.20. The molecule has 1 spiro atoms. The van der Waals surface area contributed by atoms with Crippen molar-refractivity contribution in [2.45, 2.75) is 38.5 Å². The molecule has 1 heterocycles. The van der Waals surface area contributed by atoms with Crippen LogP contribution in [0.1, 0.15) is 37.7 Å². The number of hydrogen-bond donors (Lipinski definition) is 1. The fourth-order valence-electron chi connectivity index (χ4n) is 3.99. The standard InChI is InChI=1S/C18H26FN3/c1-20-17(21-11-7-15-5-4-6-16(19)13-15)22-12-10-18(14-22)8-2-3-9-18/h4-6,13H,2-3,7-12,14H2,1H3,(H,20,21). The lowest BCUT2D eigenvalue weighted by Gasteiger charge is -2.26. The van der Waals surface area contributed by atoms with Gasteiger partial charge in [0.25, 0.3) is 0 Å². The van der Waals surface area contributed by atoms with Crippen LogP contribution >= 0.6 is 0 Å². The lowest BCUT2D eigenvalue weighted by molar-refractivity contribution is 0.309. The third kappa shape index (κ3) is 3.42. The maximum absolute atomic E-state index is 13.2. The minimum Gasteiger partial charge on any atom is -0.356 e. The van der Waals surface area contributed by atoms with E-state index in [0.29, 0.717) is 5.41 Å². The zero-order chi connectivity index (χ0) is 15.4. The molecular weight excluding hydrogens is 277 g/mol. The molecule has 1 aliphatic heterocycles. The molecule has 0 amide bonds. The van der Waals surface area contributed by atoms with Gasteiger partial charge < -0.3 is 10.2 Å². The molecule has 3 rings (SSSR count). The first kappa shape index (κ1) is 15.3. The number of hydrogen-bond acceptors (Lipinski definition) is 1. The van der Waals surface area contributed by atoms with Crippen molar-refractivity contribution >= 4 is 5.96 Å². The van der Waals surface area contributed by atoms with E-state index < -0.39 is 0 Å². The van der Waals surface area contributed by atoms with Gasteiger partial charge in [0.15, 0.2) is 5.96 Å². The van der Waals surface area contributed by atoms with Crippen molar-refractivity contribution in [1.29, 1.82) is 0 Å². The second-order valence-corrected chi connectivity index (χ2v) is 6.73. The highest BCUT2D eigenvalue weighted by Crippen LogP contribution is 2.45. The van der Waals surface area contributed by atoms with Gasteiger partial charge in [-0.1, -0.05) is 25.0 Å². The maximum atomic E-state index is 13.2. The predicted molar refractivity (Wildman–Crippen MR) is 88.6 cm³/mol. The Hall–Kier alpha value is -1.58. The van der Waals surface area contributed by atoms with Crippen LogP contribution in [0.2, 0.25) is 0 Å². The summed E-state index contributed by atoms with van der Waals surface area (Å²) < 4.78 is 13.2. The van der Waals surface area contributed by atoms with Crippen LogP contribution in [0.5, 0.6) is 0 Å². The van der Waals surface area contributed by atoms with E-state index in [4.69, 9.17) is 0 Å². The summed E-state index contributed by atoms with van der Waals surface area (Å²) >= 11 is 0. The first-order valence-electron chi connectivity index (χ1n) is 8.41. The fraction of sp³-hybridized carbons (Fsp3) is 0.611. The van der Waals surface area contributed by atoms with E-state index in [1.807, 2.05) is 13.1 Å². The number of likely N-dealkylation sites (tertiary alicyclic amines) is 1. The van der Waals surface area contributed by atoms with Crippen molar-refractivity contribution in [2.75, 3.05) is 26.7 Å². The van der Waals surface area contributed by atoms with Gasteiger partial charge in [0.1, 0.15) is 5.82 Å². The average Bonchev–Trinajstić information content (AvgIpc) is 3.14. The Balaban J connectivity index is 1.50. The van der Waals surface area contributed by atoms with E-state index in [9.17, 15) is 4.39 Å². The van der Waals surface area contributed by atoms with Crippen molar-refractivity contribution in [2.24, 2.45) is 10.4 Å². The summed E-state index contributed by atoms with van der Waals surface area (Å²) in [4.78, 5) is 6.83. The Morgan fingerprint density at radius 3 is 2.86 bits per heavy atom. The summed E-state index contributed by atoms with van der Waals surface area (Å²) in [5.74, 6) is 0.838. The van der Waals surface area contributed by atoms with Gasteiger partial charge in [-0.3, -0.25) is 4.99 Å². The molecule has 2 fully saturated rings. The molecule has 120 valence electrons. The molecule has 1 N–H and O–H groups in total. The average molecular weight is 303 g/mol. The highest BCUT2D eigenvalue weighted by atomic mass is 19.1. The van der Waals surface area contributed by atoms with E-state index in [0.717, 1.165) is 37.6 Å². The maximum Gasteiger partial charge on any atom is 0.193 e. The van der Waals surface area contributed by atoms with E-state index in [-0.39, 0.29) is 5.82 Å². The quantitative estimate of drug-likeness (QED) is 0.686. The van der Waals surface area contributed by atoms with Crippen LogP contribution in [0.3, 0.4) is 0 Å². The molecular formula is C18H26FN3. The smallest absolute Gasteiger partial charge is 0.193 e. The number of benzene rings is 1. The van der Waals surface area contributed by atoms with Gasteiger partial charge in [-0.15, -0.1) is 0 Å². The lowest BCUT2D eigenvalue weighted by Crippen LogP contribution is -2.41. The topological polar surface area (TPSA) is 27.6 Å². The van der Waals surface area contributed by atoms with Gasteiger partial charge in [-0.05, 0) is 48.8 Å². The first-order chi connectivity index (χ1) is 10.7. The summed E-state index contributed by atoms with van der Waals surface area (Å²) in [6.45, 7) is 3.05.